The van der Waals surface area contributed by atoms with E-state index in [1.807, 2.05) is 24.3 Å². The number of pyridine rings is 1. The maximum Gasteiger partial charge on any atom is 0.341 e. The van der Waals surface area contributed by atoms with Gasteiger partial charge in [0.15, 0.2) is 0 Å². The molecular formula is C25H19N5O5. The predicted octanol–water partition coefficient (Wildman–Crippen LogP) is 3.59. The molecule has 0 radical (unpaired) electrons. The van der Waals surface area contributed by atoms with E-state index in [2.05, 4.69) is 16.2 Å². The molecule has 1 aliphatic heterocycles. The minimum atomic E-state index is -2.00. The van der Waals surface area contributed by atoms with Gasteiger partial charge in [0.05, 0.1) is 40.9 Å². The van der Waals surface area contributed by atoms with Gasteiger partial charge in [-0.1, -0.05) is 0 Å². The first-order valence-electron chi connectivity index (χ1n) is 10.8. The SMILES string of the molecule is N#Cc1ccc(-n2ncc3cc(Oc4ccc(N5CCCC5(C(=O)O)C(=O)O)cn4)ccc32)cc1. The number of rotatable bonds is 6. The van der Waals surface area contributed by atoms with E-state index in [9.17, 15) is 19.8 Å². The van der Waals surface area contributed by atoms with Gasteiger partial charge < -0.3 is 19.8 Å². The summed E-state index contributed by atoms with van der Waals surface area (Å²) in [6, 6.07) is 17.8. The van der Waals surface area contributed by atoms with Crippen molar-refractivity contribution in [3.63, 3.8) is 0 Å². The Hall–Kier alpha value is -4.91. The number of hydrogen-bond donors (Lipinski definition) is 2. The lowest BCUT2D eigenvalue weighted by Crippen LogP contribution is -2.57. The number of ether oxygens (including phenoxy) is 1. The lowest BCUT2D eigenvalue weighted by molar-refractivity contribution is -0.156. The number of hydrogen-bond acceptors (Lipinski definition) is 7. The second-order valence-corrected chi connectivity index (χ2v) is 8.12. The molecule has 3 heterocycles. The van der Waals surface area contributed by atoms with Crippen molar-refractivity contribution in [2.24, 2.45) is 0 Å². The number of aromatic nitrogens is 3. The molecule has 4 aromatic rings. The molecule has 0 spiro atoms. The summed E-state index contributed by atoms with van der Waals surface area (Å²) < 4.78 is 7.63. The number of fused-ring (bicyclic) bond motifs is 1. The van der Waals surface area contributed by atoms with Crippen LogP contribution < -0.4 is 9.64 Å². The Labute approximate surface area is 199 Å². The van der Waals surface area contributed by atoms with Crippen molar-refractivity contribution in [2.75, 3.05) is 11.4 Å². The van der Waals surface area contributed by atoms with Gasteiger partial charge in [-0.05, 0) is 61.4 Å². The van der Waals surface area contributed by atoms with Gasteiger partial charge in [0, 0.05) is 18.0 Å². The van der Waals surface area contributed by atoms with Crippen molar-refractivity contribution < 1.29 is 24.5 Å². The number of carboxylic acid groups (broad SMARTS) is 2. The molecule has 0 bridgehead atoms. The average Bonchev–Trinajstić information content (AvgIpc) is 3.50. The van der Waals surface area contributed by atoms with Crippen LogP contribution in [0.3, 0.4) is 0 Å². The summed E-state index contributed by atoms with van der Waals surface area (Å²) in [4.78, 5) is 29.2. The van der Waals surface area contributed by atoms with Crippen molar-refractivity contribution in [2.45, 2.75) is 18.4 Å². The Bertz CT molecular complexity index is 1460. The zero-order chi connectivity index (χ0) is 24.6. The van der Waals surface area contributed by atoms with Crippen molar-refractivity contribution >= 4 is 28.5 Å². The van der Waals surface area contributed by atoms with E-state index in [0.717, 1.165) is 16.6 Å². The zero-order valence-corrected chi connectivity index (χ0v) is 18.3. The van der Waals surface area contributed by atoms with Gasteiger partial charge in [0.1, 0.15) is 5.75 Å². The number of carbonyl (C=O) groups is 2. The fourth-order valence-corrected chi connectivity index (χ4v) is 4.38. The van der Waals surface area contributed by atoms with Crippen LogP contribution in [0.2, 0.25) is 0 Å². The predicted molar refractivity (Wildman–Crippen MR) is 125 cm³/mol. The van der Waals surface area contributed by atoms with E-state index >= 15 is 0 Å². The highest BCUT2D eigenvalue weighted by atomic mass is 16.5. The number of carboxylic acids is 2. The van der Waals surface area contributed by atoms with Crippen molar-refractivity contribution in [1.82, 2.24) is 14.8 Å². The largest absolute Gasteiger partial charge is 0.479 e. The zero-order valence-electron chi connectivity index (χ0n) is 18.3. The third kappa shape index (κ3) is 3.69. The van der Waals surface area contributed by atoms with Crippen LogP contribution in [0.4, 0.5) is 5.69 Å². The molecule has 0 atom stereocenters. The summed E-state index contributed by atoms with van der Waals surface area (Å²) >= 11 is 0. The molecule has 1 fully saturated rings. The number of nitriles is 1. The molecule has 0 aliphatic carbocycles. The molecular weight excluding hydrogens is 450 g/mol. The van der Waals surface area contributed by atoms with Crippen molar-refractivity contribution in [3.05, 3.63) is 72.6 Å². The highest BCUT2D eigenvalue weighted by Gasteiger charge is 2.55. The number of benzene rings is 2. The van der Waals surface area contributed by atoms with Crippen LogP contribution in [0, 0.1) is 11.3 Å². The van der Waals surface area contributed by atoms with E-state index in [4.69, 9.17) is 10.00 Å². The Morgan fingerprint density at radius 3 is 2.40 bits per heavy atom. The highest BCUT2D eigenvalue weighted by Crippen LogP contribution is 2.35. The monoisotopic (exact) mass is 469 g/mol. The standard InChI is InChI=1S/C25H19N5O5/c26-13-16-2-4-18(5-3-16)30-21-8-7-20(12-17(21)14-28-30)35-22-9-6-19(15-27-22)29-11-1-10-25(29,23(31)32)24(33)34/h2-9,12,14-15H,1,10-11H2,(H,31,32)(H,33,34). The van der Waals surface area contributed by atoms with Gasteiger partial charge in [-0.2, -0.15) is 10.4 Å². The van der Waals surface area contributed by atoms with Gasteiger partial charge in [-0.25, -0.2) is 19.3 Å². The van der Waals surface area contributed by atoms with E-state index in [1.54, 1.807) is 41.2 Å². The summed E-state index contributed by atoms with van der Waals surface area (Å²) in [5.74, 6) is -1.97. The lowest BCUT2D eigenvalue weighted by Gasteiger charge is -2.32. The Kier molecular flexibility index (Phi) is 5.30. The summed E-state index contributed by atoms with van der Waals surface area (Å²) in [5, 5.41) is 33.5. The van der Waals surface area contributed by atoms with Gasteiger partial charge in [-0.3, -0.25) is 0 Å². The smallest absolute Gasteiger partial charge is 0.341 e. The summed E-state index contributed by atoms with van der Waals surface area (Å²) in [5.41, 5.74) is 0.660. The van der Waals surface area contributed by atoms with Crippen LogP contribution in [0.25, 0.3) is 16.6 Å². The fourth-order valence-electron chi connectivity index (χ4n) is 4.38. The Morgan fingerprint density at radius 1 is 1.00 bits per heavy atom. The van der Waals surface area contributed by atoms with Crippen LogP contribution >= 0.6 is 0 Å². The topological polar surface area (TPSA) is 142 Å². The summed E-state index contributed by atoms with van der Waals surface area (Å²) in [7, 11) is 0. The van der Waals surface area contributed by atoms with Gasteiger partial charge >= 0.3 is 11.9 Å². The molecule has 35 heavy (non-hydrogen) atoms. The normalized spacial score (nSPS) is 14.5. The van der Waals surface area contributed by atoms with Gasteiger partial charge in [0.25, 0.3) is 0 Å². The molecule has 5 rings (SSSR count). The minimum absolute atomic E-state index is 0.0199. The average molecular weight is 469 g/mol. The molecule has 1 aliphatic rings. The molecule has 0 amide bonds. The first-order chi connectivity index (χ1) is 16.9. The van der Waals surface area contributed by atoms with Crippen LogP contribution in [-0.2, 0) is 9.59 Å². The van der Waals surface area contributed by atoms with Crippen molar-refractivity contribution in [1.29, 1.82) is 5.26 Å². The second-order valence-electron chi connectivity index (χ2n) is 8.12. The lowest BCUT2D eigenvalue weighted by atomic mass is 9.96. The highest BCUT2D eigenvalue weighted by molar-refractivity contribution is 6.07. The van der Waals surface area contributed by atoms with Crippen LogP contribution in [0.1, 0.15) is 18.4 Å². The number of anilines is 1. The molecule has 2 aromatic carbocycles. The van der Waals surface area contributed by atoms with Gasteiger partial charge in [-0.15, -0.1) is 0 Å². The first kappa shape index (κ1) is 21.9. The van der Waals surface area contributed by atoms with Gasteiger partial charge in [0.2, 0.25) is 11.4 Å². The third-order valence-electron chi connectivity index (χ3n) is 6.12. The van der Waals surface area contributed by atoms with E-state index in [-0.39, 0.29) is 12.3 Å². The maximum absolute atomic E-state index is 11.8. The molecule has 10 nitrogen and oxygen atoms in total. The van der Waals surface area contributed by atoms with E-state index < -0.39 is 17.5 Å². The molecule has 2 N–H and O–H groups in total. The molecule has 10 heteroatoms. The molecule has 1 saturated heterocycles. The summed E-state index contributed by atoms with van der Waals surface area (Å²) in [6.07, 6.45) is 3.60. The van der Waals surface area contributed by atoms with Crippen LogP contribution in [0.5, 0.6) is 11.6 Å². The van der Waals surface area contributed by atoms with Crippen LogP contribution in [0.15, 0.2) is 67.0 Å². The fraction of sp³-hybridized carbons (Fsp3) is 0.160. The number of nitrogens with zero attached hydrogens (tertiary/aromatic N) is 5. The second kappa shape index (κ2) is 8.46. The molecule has 0 unspecified atom stereocenters. The number of aliphatic carboxylic acids is 2. The van der Waals surface area contributed by atoms with E-state index in [1.165, 1.54) is 11.1 Å². The quantitative estimate of drug-likeness (QED) is 0.405. The third-order valence-corrected chi connectivity index (χ3v) is 6.12. The Balaban J connectivity index is 1.36. The molecule has 2 aromatic heterocycles. The van der Waals surface area contributed by atoms with E-state index in [0.29, 0.717) is 30.0 Å². The van der Waals surface area contributed by atoms with Crippen LogP contribution in [-0.4, -0.2) is 49.0 Å². The Morgan fingerprint density at radius 2 is 1.74 bits per heavy atom. The summed E-state index contributed by atoms with van der Waals surface area (Å²) in [6.45, 7) is 0.306. The minimum Gasteiger partial charge on any atom is -0.479 e. The first-order valence-corrected chi connectivity index (χ1v) is 10.8. The molecule has 0 saturated carbocycles. The molecule has 174 valence electrons. The maximum atomic E-state index is 11.8. The van der Waals surface area contributed by atoms with Crippen molar-refractivity contribution in [3.8, 4) is 23.4 Å².